The molecule has 2 aromatic carbocycles. The molecule has 2 heteroatoms. The van der Waals surface area contributed by atoms with Crippen molar-refractivity contribution < 1.29 is 4.74 Å². The van der Waals surface area contributed by atoms with Gasteiger partial charge in [0.05, 0.1) is 0 Å². The summed E-state index contributed by atoms with van der Waals surface area (Å²) in [5.74, 6) is 1.10. The fraction of sp³-hybridized carbons (Fsp3) is 0.360. The van der Waals surface area contributed by atoms with Gasteiger partial charge in [-0.2, -0.15) is 0 Å². The molecule has 3 rings (SSSR count). The minimum absolute atomic E-state index is 0.259. The minimum Gasteiger partial charge on any atom is -0.481 e. The number of ether oxygens (including phenoxy) is 1. The zero-order valence-electron chi connectivity index (χ0n) is 16.6. The molecule has 0 bridgehead atoms. The van der Waals surface area contributed by atoms with Gasteiger partial charge >= 0.3 is 0 Å². The molecule has 1 aliphatic heterocycles. The fourth-order valence-corrected chi connectivity index (χ4v) is 4.68. The van der Waals surface area contributed by atoms with Crippen LogP contribution >= 0.6 is 22.6 Å². The average Bonchev–Trinajstić information content (AvgIpc) is 3.09. The molecule has 0 unspecified atom stereocenters. The molecule has 0 radical (unpaired) electrons. The molecular formula is C25H29IO. The van der Waals surface area contributed by atoms with Crippen LogP contribution in [-0.4, -0.2) is 5.60 Å². The van der Waals surface area contributed by atoms with Crippen LogP contribution in [0.3, 0.4) is 0 Å². The second-order valence-electron chi connectivity index (χ2n) is 7.12. The third kappa shape index (κ3) is 4.01. The molecular weight excluding hydrogens is 443 g/mol. The van der Waals surface area contributed by atoms with Crippen molar-refractivity contribution in [3.05, 3.63) is 81.1 Å². The van der Waals surface area contributed by atoms with E-state index in [1.165, 1.54) is 38.7 Å². The molecule has 0 spiro atoms. The van der Waals surface area contributed by atoms with Gasteiger partial charge in [0, 0.05) is 14.7 Å². The molecule has 0 N–H and O–H groups in total. The number of benzene rings is 2. The first-order valence-electron chi connectivity index (χ1n) is 10.1. The van der Waals surface area contributed by atoms with Crippen LogP contribution < -0.4 is 0 Å². The SMILES string of the molecule is CCCC/C(I)=C1/OC(CC)(CC)C(c2ccccc2)=C1c1ccccc1. The van der Waals surface area contributed by atoms with Crippen molar-refractivity contribution in [3.63, 3.8) is 0 Å². The summed E-state index contributed by atoms with van der Waals surface area (Å²) >= 11 is 2.51. The smallest absolute Gasteiger partial charge is 0.138 e. The topological polar surface area (TPSA) is 9.23 Å². The van der Waals surface area contributed by atoms with Gasteiger partial charge in [0.1, 0.15) is 11.4 Å². The van der Waals surface area contributed by atoms with E-state index in [0.717, 1.165) is 25.0 Å². The number of halogens is 1. The maximum Gasteiger partial charge on any atom is 0.138 e. The standard InChI is InChI=1S/C25H29IO/c1-4-7-18-21(26)24-22(19-14-10-8-11-15-19)23(20-16-12-9-13-17-20)25(5-2,6-3)27-24/h8-17H,4-7,18H2,1-3H3/b24-21-. The van der Waals surface area contributed by atoms with Crippen LogP contribution in [0.1, 0.15) is 64.0 Å². The van der Waals surface area contributed by atoms with E-state index in [0.29, 0.717) is 0 Å². The second kappa shape index (κ2) is 9.09. The van der Waals surface area contributed by atoms with Gasteiger partial charge in [0.25, 0.3) is 0 Å². The Balaban J connectivity index is 2.31. The molecule has 0 amide bonds. The van der Waals surface area contributed by atoms with Crippen LogP contribution in [0.5, 0.6) is 0 Å². The highest BCUT2D eigenvalue weighted by molar-refractivity contribution is 14.1. The summed E-state index contributed by atoms with van der Waals surface area (Å²) in [6, 6.07) is 21.6. The monoisotopic (exact) mass is 472 g/mol. The summed E-state index contributed by atoms with van der Waals surface area (Å²) in [5, 5.41) is 0. The van der Waals surface area contributed by atoms with Crippen LogP contribution in [0.4, 0.5) is 0 Å². The third-order valence-corrected chi connectivity index (χ3v) is 6.52. The Hall–Kier alpha value is -1.55. The third-order valence-electron chi connectivity index (χ3n) is 5.49. The highest BCUT2D eigenvalue weighted by atomic mass is 127. The van der Waals surface area contributed by atoms with Crippen LogP contribution in [0, 0.1) is 0 Å². The number of unbranched alkanes of at least 4 members (excludes halogenated alkanes) is 1. The van der Waals surface area contributed by atoms with E-state index >= 15 is 0 Å². The van der Waals surface area contributed by atoms with E-state index < -0.39 is 0 Å². The minimum atomic E-state index is -0.259. The molecule has 0 aliphatic carbocycles. The summed E-state index contributed by atoms with van der Waals surface area (Å²) in [4.78, 5) is 0. The van der Waals surface area contributed by atoms with Crippen molar-refractivity contribution in [1.29, 1.82) is 0 Å². The number of allylic oxidation sites excluding steroid dienone is 2. The number of hydrogen-bond donors (Lipinski definition) is 0. The van der Waals surface area contributed by atoms with E-state index in [2.05, 4.69) is 104 Å². The first-order valence-corrected chi connectivity index (χ1v) is 11.2. The molecule has 0 aromatic heterocycles. The van der Waals surface area contributed by atoms with E-state index in [-0.39, 0.29) is 5.60 Å². The summed E-state index contributed by atoms with van der Waals surface area (Å²) in [6.45, 7) is 6.74. The van der Waals surface area contributed by atoms with Crippen molar-refractivity contribution in [2.45, 2.75) is 58.5 Å². The van der Waals surface area contributed by atoms with Gasteiger partial charge in [0.15, 0.2) is 0 Å². The van der Waals surface area contributed by atoms with E-state index in [9.17, 15) is 0 Å². The lowest BCUT2D eigenvalue weighted by Gasteiger charge is -2.30. The van der Waals surface area contributed by atoms with Gasteiger partial charge in [-0.25, -0.2) is 0 Å². The molecule has 0 saturated carbocycles. The summed E-state index contributed by atoms with van der Waals surface area (Å²) in [7, 11) is 0. The Kier molecular flexibility index (Phi) is 6.80. The van der Waals surface area contributed by atoms with E-state index in [1.54, 1.807) is 0 Å². The predicted octanol–water partition coefficient (Wildman–Crippen LogP) is 8.02. The molecule has 0 saturated heterocycles. The summed E-state index contributed by atoms with van der Waals surface area (Å²) < 4.78 is 8.18. The Bertz CT molecular complexity index is 814. The van der Waals surface area contributed by atoms with Gasteiger partial charge in [-0.1, -0.05) is 87.9 Å². The molecule has 1 nitrogen and oxygen atoms in total. The normalized spacial score (nSPS) is 17.8. The van der Waals surface area contributed by atoms with Gasteiger partial charge in [0.2, 0.25) is 0 Å². The van der Waals surface area contributed by atoms with Gasteiger partial charge < -0.3 is 4.74 Å². The zero-order valence-corrected chi connectivity index (χ0v) is 18.8. The molecule has 142 valence electrons. The Morgan fingerprint density at radius 2 is 1.41 bits per heavy atom. The molecule has 0 atom stereocenters. The number of hydrogen-bond acceptors (Lipinski definition) is 1. The lowest BCUT2D eigenvalue weighted by atomic mass is 9.81. The highest BCUT2D eigenvalue weighted by Crippen LogP contribution is 2.53. The quantitative estimate of drug-likeness (QED) is 0.371. The molecule has 27 heavy (non-hydrogen) atoms. The Labute approximate surface area is 177 Å². The summed E-state index contributed by atoms with van der Waals surface area (Å²) in [5.41, 5.74) is 4.89. The van der Waals surface area contributed by atoms with Gasteiger partial charge in [-0.05, 0) is 59.4 Å². The lowest BCUT2D eigenvalue weighted by molar-refractivity contribution is 0.0676. The first kappa shape index (κ1) is 20.2. The van der Waals surface area contributed by atoms with Crippen molar-refractivity contribution in [3.8, 4) is 0 Å². The molecule has 0 fully saturated rings. The van der Waals surface area contributed by atoms with Gasteiger partial charge in [-0.3, -0.25) is 0 Å². The molecule has 1 heterocycles. The maximum atomic E-state index is 6.84. The fourth-order valence-electron chi connectivity index (χ4n) is 3.92. The van der Waals surface area contributed by atoms with Crippen LogP contribution in [-0.2, 0) is 4.74 Å². The predicted molar refractivity (Wildman–Crippen MR) is 125 cm³/mol. The largest absolute Gasteiger partial charge is 0.481 e. The lowest BCUT2D eigenvalue weighted by Crippen LogP contribution is -2.28. The van der Waals surface area contributed by atoms with Gasteiger partial charge in [-0.15, -0.1) is 0 Å². The van der Waals surface area contributed by atoms with Crippen LogP contribution in [0.2, 0.25) is 0 Å². The van der Waals surface area contributed by atoms with E-state index in [1.807, 2.05) is 0 Å². The van der Waals surface area contributed by atoms with Crippen molar-refractivity contribution >= 4 is 33.7 Å². The maximum absolute atomic E-state index is 6.84. The zero-order chi connectivity index (χ0) is 19.3. The van der Waals surface area contributed by atoms with Crippen molar-refractivity contribution in [2.75, 3.05) is 0 Å². The molecule has 2 aromatic rings. The van der Waals surface area contributed by atoms with Crippen molar-refractivity contribution in [1.82, 2.24) is 0 Å². The average molecular weight is 472 g/mol. The molecule has 1 aliphatic rings. The second-order valence-corrected chi connectivity index (χ2v) is 8.43. The van der Waals surface area contributed by atoms with Crippen LogP contribution in [0.25, 0.3) is 11.1 Å². The number of rotatable bonds is 7. The van der Waals surface area contributed by atoms with Crippen molar-refractivity contribution in [2.24, 2.45) is 0 Å². The van der Waals surface area contributed by atoms with E-state index in [4.69, 9.17) is 4.74 Å². The Morgan fingerprint density at radius 3 is 1.93 bits per heavy atom. The highest BCUT2D eigenvalue weighted by Gasteiger charge is 2.44. The summed E-state index contributed by atoms with van der Waals surface area (Å²) in [6.07, 6.45) is 5.40. The first-order chi connectivity index (χ1) is 13.2. The Morgan fingerprint density at radius 1 is 0.852 bits per heavy atom. The van der Waals surface area contributed by atoms with Crippen LogP contribution in [0.15, 0.2) is 70.0 Å².